The van der Waals surface area contributed by atoms with E-state index >= 15 is 0 Å². The summed E-state index contributed by atoms with van der Waals surface area (Å²) in [6, 6.07) is 14.7. The summed E-state index contributed by atoms with van der Waals surface area (Å²) in [4.78, 5) is 21.0. The molecule has 0 bridgehead atoms. The minimum absolute atomic E-state index is 0.229. The maximum atomic E-state index is 12.4. The predicted molar refractivity (Wildman–Crippen MR) is 110 cm³/mol. The summed E-state index contributed by atoms with van der Waals surface area (Å²) in [5.74, 6) is 0.380. The van der Waals surface area contributed by atoms with E-state index in [2.05, 4.69) is 20.4 Å². The van der Waals surface area contributed by atoms with E-state index in [0.29, 0.717) is 33.3 Å². The number of carbonyl (C=O) groups is 1. The highest BCUT2D eigenvalue weighted by atomic mass is 35.5. The molecule has 0 saturated heterocycles. The number of halogens is 1. The van der Waals surface area contributed by atoms with Crippen molar-refractivity contribution in [2.75, 3.05) is 11.9 Å². The van der Waals surface area contributed by atoms with Crippen molar-refractivity contribution in [1.29, 1.82) is 0 Å². The van der Waals surface area contributed by atoms with Crippen LogP contribution in [0.2, 0.25) is 5.02 Å². The molecule has 0 spiro atoms. The van der Waals surface area contributed by atoms with Crippen LogP contribution >= 0.6 is 11.6 Å². The summed E-state index contributed by atoms with van der Waals surface area (Å²) < 4.78 is 11.1. The molecule has 1 amide bonds. The molecular weight excluding hydrogens is 392 g/mol. The van der Waals surface area contributed by atoms with Gasteiger partial charge in [-0.25, -0.2) is 0 Å². The number of rotatable bonds is 5. The third-order valence-corrected chi connectivity index (χ3v) is 4.50. The van der Waals surface area contributed by atoms with Crippen molar-refractivity contribution in [3.8, 4) is 17.1 Å². The van der Waals surface area contributed by atoms with Crippen LogP contribution in [0.15, 0.2) is 53.1 Å². The van der Waals surface area contributed by atoms with Crippen LogP contribution in [-0.2, 0) is 4.79 Å². The first-order valence-corrected chi connectivity index (χ1v) is 9.27. The molecule has 7 nitrogen and oxygen atoms in total. The van der Waals surface area contributed by atoms with Crippen molar-refractivity contribution < 1.29 is 14.1 Å². The van der Waals surface area contributed by atoms with Crippen molar-refractivity contribution in [2.45, 2.75) is 13.8 Å². The Kier molecular flexibility index (Phi) is 5.14. The molecule has 0 aliphatic carbocycles. The van der Waals surface area contributed by atoms with Crippen LogP contribution in [0.1, 0.15) is 11.4 Å². The van der Waals surface area contributed by atoms with Crippen LogP contribution in [0.25, 0.3) is 22.4 Å². The van der Waals surface area contributed by atoms with Crippen molar-refractivity contribution in [1.82, 2.24) is 15.1 Å². The minimum atomic E-state index is -0.322. The number of benzene rings is 2. The van der Waals surface area contributed by atoms with E-state index < -0.39 is 0 Å². The number of hydrogen-bond acceptors (Lipinski definition) is 6. The van der Waals surface area contributed by atoms with Gasteiger partial charge in [-0.3, -0.25) is 4.79 Å². The molecule has 1 N–H and O–H groups in total. The van der Waals surface area contributed by atoms with Crippen LogP contribution < -0.4 is 10.1 Å². The number of aryl methyl sites for hydroxylation is 2. The summed E-state index contributed by atoms with van der Waals surface area (Å²) in [6.45, 7) is 3.35. The van der Waals surface area contributed by atoms with Gasteiger partial charge in [0.05, 0.1) is 0 Å². The van der Waals surface area contributed by atoms with Gasteiger partial charge in [-0.1, -0.05) is 47.1 Å². The number of hydrogen-bond donors (Lipinski definition) is 1. The molecule has 0 radical (unpaired) electrons. The van der Waals surface area contributed by atoms with E-state index in [1.54, 1.807) is 25.1 Å². The fourth-order valence-corrected chi connectivity index (χ4v) is 3.14. The molecule has 0 saturated carbocycles. The van der Waals surface area contributed by atoms with Crippen LogP contribution in [-0.4, -0.2) is 27.6 Å². The third-order valence-electron chi connectivity index (χ3n) is 4.26. The maximum absolute atomic E-state index is 12.4. The lowest BCUT2D eigenvalue weighted by molar-refractivity contribution is -0.118. The van der Waals surface area contributed by atoms with Gasteiger partial charge in [-0.05, 0) is 37.6 Å². The number of nitrogens with one attached hydrogen (secondary N) is 1. The van der Waals surface area contributed by atoms with Crippen molar-refractivity contribution in [3.05, 3.63) is 64.9 Å². The summed E-state index contributed by atoms with van der Waals surface area (Å²) in [5.41, 5.74) is 3.23. The Bertz CT molecular complexity index is 1190. The number of fused-ring (bicyclic) bond motifs is 1. The van der Waals surface area contributed by atoms with E-state index in [1.165, 1.54) is 0 Å². The summed E-state index contributed by atoms with van der Waals surface area (Å²) in [5, 5.41) is 8.05. The molecule has 2 aromatic carbocycles. The SMILES string of the molecule is Cc1nc(OCC(=O)Nc2ccc(Cl)cc2C)c2c(-c3ccccc3)noc2n1. The number of amides is 1. The van der Waals surface area contributed by atoms with Crippen molar-refractivity contribution in [2.24, 2.45) is 0 Å². The number of carbonyl (C=O) groups excluding carboxylic acids is 1. The first-order chi connectivity index (χ1) is 14.0. The molecular formula is C21H17ClN4O3. The normalized spacial score (nSPS) is 10.9. The van der Waals surface area contributed by atoms with E-state index in [1.807, 2.05) is 37.3 Å². The van der Waals surface area contributed by atoms with Crippen LogP contribution in [0, 0.1) is 13.8 Å². The number of anilines is 1. The van der Waals surface area contributed by atoms with Gasteiger partial charge in [-0.2, -0.15) is 9.97 Å². The zero-order valence-electron chi connectivity index (χ0n) is 15.8. The zero-order valence-corrected chi connectivity index (χ0v) is 16.5. The molecule has 2 aromatic heterocycles. The molecule has 2 heterocycles. The lowest BCUT2D eigenvalue weighted by atomic mass is 10.1. The van der Waals surface area contributed by atoms with Crippen molar-refractivity contribution in [3.63, 3.8) is 0 Å². The van der Waals surface area contributed by atoms with Gasteiger partial charge in [0.25, 0.3) is 11.6 Å². The fourth-order valence-electron chi connectivity index (χ4n) is 2.91. The Hall–Kier alpha value is -3.45. The lowest BCUT2D eigenvalue weighted by Gasteiger charge is -2.10. The molecule has 146 valence electrons. The largest absolute Gasteiger partial charge is 0.467 e. The van der Waals surface area contributed by atoms with Gasteiger partial charge in [0.1, 0.15) is 16.9 Å². The second kappa shape index (κ2) is 7.89. The van der Waals surface area contributed by atoms with Crippen LogP contribution in [0.4, 0.5) is 5.69 Å². The van der Waals surface area contributed by atoms with Crippen LogP contribution in [0.5, 0.6) is 5.88 Å². The third kappa shape index (κ3) is 4.05. The van der Waals surface area contributed by atoms with Gasteiger partial charge in [0.15, 0.2) is 6.61 Å². The number of aromatic nitrogens is 3. The molecule has 0 atom stereocenters. The second-order valence-electron chi connectivity index (χ2n) is 6.45. The monoisotopic (exact) mass is 408 g/mol. The van der Waals surface area contributed by atoms with Crippen LogP contribution in [0.3, 0.4) is 0 Å². The average Bonchev–Trinajstić information content (AvgIpc) is 3.13. The van der Waals surface area contributed by atoms with Gasteiger partial charge in [0.2, 0.25) is 5.88 Å². The summed E-state index contributed by atoms with van der Waals surface area (Å²) in [6.07, 6.45) is 0. The first kappa shape index (κ1) is 18.9. The zero-order chi connectivity index (χ0) is 20.4. The highest BCUT2D eigenvalue weighted by molar-refractivity contribution is 6.30. The molecule has 8 heteroatoms. The molecule has 4 rings (SSSR count). The average molecular weight is 409 g/mol. The molecule has 0 fully saturated rings. The van der Waals surface area contributed by atoms with E-state index in [9.17, 15) is 4.79 Å². The smallest absolute Gasteiger partial charge is 0.265 e. The topological polar surface area (TPSA) is 90.1 Å². The quantitative estimate of drug-likeness (QED) is 0.520. The van der Waals surface area contributed by atoms with Gasteiger partial charge >= 0.3 is 0 Å². The van der Waals surface area contributed by atoms with Crippen molar-refractivity contribution >= 4 is 34.3 Å². The lowest BCUT2D eigenvalue weighted by Crippen LogP contribution is -2.21. The molecule has 4 aromatic rings. The summed E-state index contributed by atoms with van der Waals surface area (Å²) in [7, 11) is 0. The predicted octanol–water partition coefficient (Wildman–Crippen LogP) is 4.57. The Morgan fingerprint density at radius 2 is 1.93 bits per heavy atom. The summed E-state index contributed by atoms with van der Waals surface area (Å²) >= 11 is 5.95. The molecule has 29 heavy (non-hydrogen) atoms. The highest BCUT2D eigenvalue weighted by Crippen LogP contribution is 2.33. The number of nitrogens with zero attached hydrogens (tertiary/aromatic N) is 3. The second-order valence-corrected chi connectivity index (χ2v) is 6.89. The first-order valence-electron chi connectivity index (χ1n) is 8.89. The van der Waals surface area contributed by atoms with E-state index in [0.717, 1.165) is 11.1 Å². The molecule has 0 aliphatic rings. The van der Waals surface area contributed by atoms with Gasteiger partial charge < -0.3 is 14.6 Å². The Labute approximate surface area is 171 Å². The standard InChI is InChI=1S/C21H17ClN4O3/c1-12-10-15(22)8-9-16(12)25-17(27)11-28-20-18-19(14-6-4-3-5-7-14)26-29-21(18)24-13(2)23-20/h3-10H,11H2,1-2H3,(H,25,27). The van der Waals surface area contributed by atoms with E-state index in [4.69, 9.17) is 20.9 Å². The Morgan fingerprint density at radius 3 is 2.69 bits per heavy atom. The molecule has 0 aliphatic heterocycles. The maximum Gasteiger partial charge on any atom is 0.265 e. The van der Waals surface area contributed by atoms with Gasteiger partial charge in [-0.15, -0.1) is 0 Å². The van der Waals surface area contributed by atoms with E-state index in [-0.39, 0.29) is 18.4 Å². The van der Waals surface area contributed by atoms with Gasteiger partial charge in [0, 0.05) is 16.3 Å². The number of ether oxygens (including phenoxy) is 1. The Morgan fingerprint density at radius 1 is 1.14 bits per heavy atom. The highest BCUT2D eigenvalue weighted by Gasteiger charge is 2.20. The fraction of sp³-hybridized carbons (Fsp3) is 0.143. The molecule has 0 unspecified atom stereocenters. The minimum Gasteiger partial charge on any atom is -0.467 e. The Balaban J connectivity index is 1.59.